The number of carbonyl (C=O) groups is 1. The third kappa shape index (κ3) is 2.82. The summed E-state index contributed by atoms with van der Waals surface area (Å²) in [6.45, 7) is 6.46. The van der Waals surface area contributed by atoms with Gasteiger partial charge in [-0.25, -0.2) is 0 Å². The lowest BCUT2D eigenvalue weighted by Gasteiger charge is -2.27. The van der Waals surface area contributed by atoms with E-state index in [0.717, 1.165) is 24.8 Å². The van der Waals surface area contributed by atoms with Crippen molar-refractivity contribution >= 4 is 5.97 Å². The van der Waals surface area contributed by atoms with Gasteiger partial charge in [-0.05, 0) is 36.3 Å². The topological polar surface area (TPSA) is 57.5 Å². The minimum Gasteiger partial charge on any atom is -0.508 e. The Morgan fingerprint density at radius 1 is 1.25 bits per heavy atom. The lowest BCUT2D eigenvalue weighted by molar-refractivity contribution is -0.143. The molecule has 0 amide bonds. The number of aliphatic carboxylic acids is 1. The van der Waals surface area contributed by atoms with Crippen LogP contribution in [0, 0.1) is 5.41 Å². The zero-order chi connectivity index (χ0) is 15.0. The molecule has 1 aliphatic rings. The molecule has 0 spiro atoms. The van der Waals surface area contributed by atoms with Gasteiger partial charge in [-0.15, -0.1) is 0 Å². The Morgan fingerprint density at radius 3 is 2.35 bits per heavy atom. The zero-order valence-electron chi connectivity index (χ0n) is 12.6. The summed E-state index contributed by atoms with van der Waals surface area (Å²) in [4.78, 5) is 11.8. The van der Waals surface area contributed by atoms with Crippen molar-refractivity contribution in [3.8, 4) is 5.75 Å². The standard InChI is InChI=1S/C17H24O3/c1-16(2,3)11-12-6-7-14(18)13(10-12)17(15(19)20)8-4-5-9-17/h6-7,10,18H,4-5,8-9,11H2,1-3H3,(H,19,20). The first kappa shape index (κ1) is 14.9. The van der Waals surface area contributed by atoms with Gasteiger partial charge in [0.15, 0.2) is 0 Å². The maximum atomic E-state index is 11.8. The van der Waals surface area contributed by atoms with E-state index in [1.165, 1.54) is 0 Å². The van der Waals surface area contributed by atoms with Gasteiger partial charge in [0, 0.05) is 5.56 Å². The number of aromatic hydroxyl groups is 1. The number of phenols is 1. The number of hydrogen-bond donors (Lipinski definition) is 2. The van der Waals surface area contributed by atoms with E-state index in [9.17, 15) is 15.0 Å². The number of hydrogen-bond acceptors (Lipinski definition) is 2. The van der Waals surface area contributed by atoms with E-state index in [2.05, 4.69) is 20.8 Å². The normalized spacial score (nSPS) is 18.1. The quantitative estimate of drug-likeness (QED) is 0.881. The molecule has 1 aromatic carbocycles. The second-order valence-electron chi connectivity index (χ2n) is 7.18. The average molecular weight is 276 g/mol. The zero-order valence-corrected chi connectivity index (χ0v) is 12.6. The van der Waals surface area contributed by atoms with Crippen LogP contribution >= 0.6 is 0 Å². The molecule has 2 N–H and O–H groups in total. The molecule has 0 unspecified atom stereocenters. The molecule has 1 fully saturated rings. The van der Waals surface area contributed by atoms with E-state index in [1.807, 2.05) is 12.1 Å². The van der Waals surface area contributed by atoms with Crippen molar-refractivity contribution in [3.63, 3.8) is 0 Å². The molecule has 0 saturated heterocycles. The van der Waals surface area contributed by atoms with Gasteiger partial charge in [-0.1, -0.05) is 45.7 Å². The molecule has 0 radical (unpaired) electrons. The molecule has 110 valence electrons. The Balaban J connectivity index is 2.44. The van der Waals surface area contributed by atoms with Gasteiger partial charge in [0.2, 0.25) is 0 Å². The van der Waals surface area contributed by atoms with Crippen LogP contribution in [0.2, 0.25) is 0 Å². The first-order valence-corrected chi connectivity index (χ1v) is 7.30. The Morgan fingerprint density at radius 2 is 1.85 bits per heavy atom. The lowest BCUT2D eigenvalue weighted by Crippen LogP contribution is -2.32. The number of carboxylic acid groups (broad SMARTS) is 1. The fourth-order valence-electron chi connectivity index (χ4n) is 3.27. The van der Waals surface area contributed by atoms with Crippen molar-refractivity contribution < 1.29 is 15.0 Å². The van der Waals surface area contributed by atoms with Gasteiger partial charge >= 0.3 is 5.97 Å². The van der Waals surface area contributed by atoms with Gasteiger partial charge in [0.05, 0.1) is 5.41 Å². The van der Waals surface area contributed by atoms with Crippen molar-refractivity contribution in [2.45, 2.75) is 58.3 Å². The van der Waals surface area contributed by atoms with Crippen LogP contribution in [-0.2, 0) is 16.6 Å². The summed E-state index contributed by atoms with van der Waals surface area (Å²) < 4.78 is 0. The summed E-state index contributed by atoms with van der Waals surface area (Å²) in [5.74, 6) is -0.690. The van der Waals surface area contributed by atoms with Gasteiger partial charge < -0.3 is 10.2 Å². The molecule has 0 bridgehead atoms. The SMILES string of the molecule is CC(C)(C)Cc1ccc(O)c(C2(C(=O)O)CCCC2)c1. The lowest BCUT2D eigenvalue weighted by atomic mass is 9.77. The molecule has 0 aliphatic heterocycles. The Kier molecular flexibility index (Phi) is 3.81. The molecule has 1 saturated carbocycles. The monoisotopic (exact) mass is 276 g/mol. The van der Waals surface area contributed by atoms with Crippen LogP contribution in [0.5, 0.6) is 5.75 Å². The van der Waals surface area contributed by atoms with Gasteiger partial charge in [0.1, 0.15) is 5.75 Å². The molecule has 2 rings (SSSR count). The Bertz CT molecular complexity index is 505. The summed E-state index contributed by atoms with van der Waals surface area (Å²) in [7, 11) is 0. The van der Waals surface area contributed by atoms with Crippen LogP contribution in [-0.4, -0.2) is 16.2 Å². The maximum absolute atomic E-state index is 11.8. The summed E-state index contributed by atoms with van der Waals surface area (Å²) in [5, 5.41) is 19.8. The van der Waals surface area contributed by atoms with Crippen LogP contribution < -0.4 is 0 Å². The fraction of sp³-hybridized carbons (Fsp3) is 0.588. The second kappa shape index (κ2) is 5.12. The molecule has 3 heteroatoms. The highest BCUT2D eigenvalue weighted by molar-refractivity contribution is 5.83. The minimum absolute atomic E-state index is 0.118. The predicted molar refractivity (Wildman–Crippen MR) is 79.0 cm³/mol. The second-order valence-corrected chi connectivity index (χ2v) is 7.18. The first-order valence-electron chi connectivity index (χ1n) is 7.30. The van der Waals surface area contributed by atoms with Crippen molar-refractivity contribution in [3.05, 3.63) is 29.3 Å². The first-order chi connectivity index (χ1) is 9.24. The summed E-state index contributed by atoms with van der Waals surface area (Å²) >= 11 is 0. The minimum atomic E-state index is -0.891. The largest absolute Gasteiger partial charge is 0.508 e. The Labute approximate surface area is 120 Å². The van der Waals surface area contributed by atoms with Crippen LogP contribution in [0.25, 0.3) is 0 Å². The van der Waals surface area contributed by atoms with E-state index in [1.54, 1.807) is 6.07 Å². The highest BCUT2D eigenvalue weighted by Crippen LogP contribution is 2.45. The van der Waals surface area contributed by atoms with Crippen molar-refractivity contribution in [2.24, 2.45) is 5.41 Å². The molecular weight excluding hydrogens is 252 g/mol. The van der Waals surface area contributed by atoms with E-state index < -0.39 is 11.4 Å². The number of benzene rings is 1. The number of carboxylic acids is 1. The van der Waals surface area contributed by atoms with Gasteiger partial charge in [-0.3, -0.25) is 4.79 Å². The van der Waals surface area contributed by atoms with Crippen LogP contribution in [0.1, 0.15) is 57.6 Å². The number of rotatable bonds is 3. The summed E-state index contributed by atoms with van der Waals surface area (Å²) in [6.07, 6.45) is 3.93. The molecule has 0 atom stereocenters. The highest BCUT2D eigenvalue weighted by atomic mass is 16.4. The maximum Gasteiger partial charge on any atom is 0.314 e. The van der Waals surface area contributed by atoms with E-state index >= 15 is 0 Å². The molecule has 3 nitrogen and oxygen atoms in total. The van der Waals surface area contributed by atoms with Gasteiger partial charge in [-0.2, -0.15) is 0 Å². The van der Waals surface area contributed by atoms with E-state index in [4.69, 9.17) is 0 Å². The van der Waals surface area contributed by atoms with E-state index in [0.29, 0.717) is 18.4 Å². The summed E-state index contributed by atoms with van der Waals surface area (Å²) in [6, 6.07) is 5.45. The average Bonchev–Trinajstić information content (AvgIpc) is 2.80. The fourth-order valence-corrected chi connectivity index (χ4v) is 3.27. The third-order valence-electron chi connectivity index (χ3n) is 4.18. The number of phenolic OH excluding ortho intramolecular Hbond substituents is 1. The van der Waals surface area contributed by atoms with Crippen molar-refractivity contribution in [1.82, 2.24) is 0 Å². The highest BCUT2D eigenvalue weighted by Gasteiger charge is 2.44. The third-order valence-corrected chi connectivity index (χ3v) is 4.18. The molecule has 0 heterocycles. The van der Waals surface area contributed by atoms with Gasteiger partial charge in [0.25, 0.3) is 0 Å². The molecule has 1 aromatic rings. The van der Waals surface area contributed by atoms with Crippen LogP contribution in [0.3, 0.4) is 0 Å². The smallest absolute Gasteiger partial charge is 0.314 e. The molecule has 0 aromatic heterocycles. The molecule has 1 aliphatic carbocycles. The van der Waals surface area contributed by atoms with Crippen LogP contribution in [0.4, 0.5) is 0 Å². The Hall–Kier alpha value is -1.51. The molecular formula is C17H24O3. The van der Waals surface area contributed by atoms with Crippen LogP contribution in [0.15, 0.2) is 18.2 Å². The predicted octanol–water partition coefficient (Wildman–Crippen LogP) is 3.88. The van der Waals surface area contributed by atoms with E-state index in [-0.39, 0.29) is 11.2 Å². The van der Waals surface area contributed by atoms with Crippen molar-refractivity contribution in [2.75, 3.05) is 0 Å². The summed E-state index contributed by atoms with van der Waals surface area (Å²) in [5.41, 5.74) is 0.945. The van der Waals surface area contributed by atoms with Crippen molar-refractivity contribution in [1.29, 1.82) is 0 Å². The molecule has 20 heavy (non-hydrogen) atoms.